The van der Waals surface area contributed by atoms with Gasteiger partial charge >= 0.3 is 6.18 Å². The summed E-state index contributed by atoms with van der Waals surface area (Å²) in [5.74, 6) is -0.373. The van der Waals surface area contributed by atoms with E-state index in [0.717, 1.165) is 12.6 Å². The molecule has 2 aromatic rings. The van der Waals surface area contributed by atoms with Gasteiger partial charge in [-0.1, -0.05) is 6.92 Å². The lowest BCUT2D eigenvalue weighted by atomic mass is 10.2. The number of hydrazone groups is 1. The van der Waals surface area contributed by atoms with Gasteiger partial charge in [-0.05, 0) is 32.4 Å². The lowest BCUT2D eigenvalue weighted by Crippen LogP contribution is -2.42. The molecule has 1 amide bonds. The Kier molecular flexibility index (Phi) is 8.29. The average Bonchev–Trinajstić information content (AvgIpc) is 2.76. The van der Waals surface area contributed by atoms with E-state index in [9.17, 15) is 18.0 Å². The number of alkyl halides is 3. The largest absolute Gasteiger partial charge is 0.474 e. The van der Waals surface area contributed by atoms with Gasteiger partial charge in [-0.2, -0.15) is 18.3 Å². The SMILES string of the molecule is CC/C=N\N(C)c1cccnc1C(=O)N(CC)[C@@H](C)COc1cnc(C(F)(F)F)cn1. The molecule has 0 fully saturated rings. The van der Waals surface area contributed by atoms with Crippen molar-refractivity contribution in [3.63, 3.8) is 0 Å². The molecule has 11 heteroatoms. The molecule has 31 heavy (non-hydrogen) atoms. The number of pyridine rings is 1. The molecular formula is C20H25F3N6O2. The first-order chi connectivity index (χ1) is 14.7. The van der Waals surface area contributed by atoms with Gasteiger partial charge in [0.05, 0.1) is 24.1 Å². The Hall–Kier alpha value is -3.24. The van der Waals surface area contributed by atoms with E-state index >= 15 is 0 Å². The first kappa shape index (κ1) is 24.0. The van der Waals surface area contributed by atoms with Crippen molar-refractivity contribution < 1.29 is 22.7 Å². The molecule has 0 radical (unpaired) electrons. The lowest BCUT2D eigenvalue weighted by molar-refractivity contribution is -0.141. The predicted octanol–water partition coefficient (Wildman–Crippen LogP) is 3.65. The summed E-state index contributed by atoms with van der Waals surface area (Å²) in [6.07, 6.45) is 0.942. The highest BCUT2D eigenvalue weighted by atomic mass is 19.4. The van der Waals surface area contributed by atoms with Crippen LogP contribution in [0.5, 0.6) is 5.88 Å². The third kappa shape index (κ3) is 6.37. The van der Waals surface area contributed by atoms with Crippen LogP contribution in [0, 0.1) is 0 Å². The van der Waals surface area contributed by atoms with Crippen molar-refractivity contribution in [3.8, 4) is 5.88 Å². The molecule has 1 atom stereocenters. The Balaban J connectivity index is 2.11. The van der Waals surface area contributed by atoms with Gasteiger partial charge in [0.2, 0.25) is 5.88 Å². The minimum absolute atomic E-state index is 0.0195. The summed E-state index contributed by atoms with van der Waals surface area (Å²) < 4.78 is 43.2. The number of anilines is 1. The number of rotatable bonds is 9. The molecule has 0 aliphatic carbocycles. The molecule has 0 aliphatic rings. The van der Waals surface area contributed by atoms with Crippen molar-refractivity contribution in [1.29, 1.82) is 0 Å². The number of aromatic nitrogens is 3. The zero-order valence-corrected chi connectivity index (χ0v) is 17.8. The summed E-state index contributed by atoms with van der Waals surface area (Å²) in [5.41, 5.74) is -0.311. The first-order valence-electron chi connectivity index (χ1n) is 9.73. The van der Waals surface area contributed by atoms with Crippen molar-refractivity contribution in [2.45, 2.75) is 39.4 Å². The second-order valence-electron chi connectivity index (χ2n) is 6.59. The van der Waals surface area contributed by atoms with Crippen LogP contribution in [0.1, 0.15) is 43.4 Å². The van der Waals surface area contributed by atoms with Gasteiger partial charge in [0.1, 0.15) is 6.61 Å². The number of carbonyl (C=O) groups excluding carboxylic acids is 1. The molecule has 2 aromatic heterocycles. The fourth-order valence-electron chi connectivity index (χ4n) is 2.71. The summed E-state index contributed by atoms with van der Waals surface area (Å²) in [7, 11) is 1.73. The topological polar surface area (TPSA) is 83.8 Å². The molecule has 0 N–H and O–H groups in total. The van der Waals surface area contributed by atoms with Gasteiger partial charge in [0.15, 0.2) is 11.4 Å². The van der Waals surface area contributed by atoms with Crippen molar-refractivity contribution >= 4 is 17.8 Å². The number of amides is 1. The lowest BCUT2D eigenvalue weighted by Gasteiger charge is -2.28. The van der Waals surface area contributed by atoms with Crippen LogP contribution in [-0.2, 0) is 6.18 Å². The Labute approximate surface area is 178 Å². The van der Waals surface area contributed by atoms with Crippen molar-refractivity contribution in [2.75, 3.05) is 25.2 Å². The monoisotopic (exact) mass is 438 g/mol. The van der Waals surface area contributed by atoms with Crippen LogP contribution in [0.3, 0.4) is 0 Å². The molecule has 2 rings (SSSR count). The van der Waals surface area contributed by atoms with E-state index in [1.54, 1.807) is 42.2 Å². The highest BCUT2D eigenvalue weighted by Gasteiger charge is 2.33. The third-order valence-electron chi connectivity index (χ3n) is 4.30. The highest BCUT2D eigenvalue weighted by molar-refractivity contribution is 5.98. The Morgan fingerprint density at radius 3 is 2.58 bits per heavy atom. The Morgan fingerprint density at radius 1 is 1.26 bits per heavy atom. The molecule has 168 valence electrons. The van der Waals surface area contributed by atoms with Crippen LogP contribution in [0.2, 0.25) is 0 Å². The van der Waals surface area contributed by atoms with Crippen LogP contribution in [0.15, 0.2) is 35.8 Å². The quantitative estimate of drug-likeness (QED) is 0.439. The van der Waals surface area contributed by atoms with E-state index in [-0.39, 0.29) is 24.1 Å². The second kappa shape index (κ2) is 10.7. The van der Waals surface area contributed by atoms with E-state index < -0.39 is 17.9 Å². The maximum atomic E-state index is 13.2. The molecule has 0 saturated carbocycles. The van der Waals surface area contributed by atoms with E-state index in [1.165, 1.54) is 6.20 Å². The van der Waals surface area contributed by atoms with Crippen molar-refractivity contribution in [2.24, 2.45) is 5.10 Å². The molecule has 0 aromatic carbocycles. The van der Waals surface area contributed by atoms with Crippen molar-refractivity contribution in [1.82, 2.24) is 19.9 Å². The molecule has 8 nitrogen and oxygen atoms in total. The van der Waals surface area contributed by atoms with Gasteiger partial charge in [-0.3, -0.25) is 9.80 Å². The maximum absolute atomic E-state index is 13.2. The molecule has 0 spiro atoms. The average molecular weight is 438 g/mol. The minimum atomic E-state index is -4.57. The van der Waals surface area contributed by atoms with Crippen molar-refractivity contribution in [3.05, 3.63) is 42.1 Å². The fraction of sp³-hybridized carbons (Fsp3) is 0.450. The van der Waals surface area contributed by atoms with Crippen LogP contribution in [0.4, 0.5) is 18.9 Å². The maximum Gasteiger partial charge on any atom is 0.434 e. The van der Waals surface area contributed by atoms with Gasteiger partial charge in [0.25, 0.3) is 5.91 Å². The second-order valence-corrected chi connectivity index (χ2v) is 6.59. The van der Waals surface area contributed by atoms with E-state index in [4.69, 9.17) is 4.74 Å². The normalized spacial score (nSPS) is 12.6. The van der Waals surface area contributed by atoms with E-state index in [2.05, 4.69) is 20.1 Å². The van der Waals surface area contributed by atoms with Crippen LogP contribution >= 0.6 is 0 Å². The number of halogens is 3. The van der Waals surface area contributed by atoms with Gasteiger partial charge in [-0.25, -0.2) is 15.0 Å². The Bertz CT molecular complexity index is 889. The van der Waals surface area contributed by atoms with Crippen LogP contribution in [0.25, 0.3) is 0 Å². The number of hydrogen-bond donors (Lipinski definition) is 0. The highest BCUT2D eigenvalue weighted by Crippen LogP contribution is 2.27. The number of likely N-dealkylation sites (N-methyl/N-ethyl adjacent to an activating group) is 1. The summed E-state index contributed by atoms with van der Waals surface area (Å²) in [6, 6.07) is 3.07. The first-order valence-corrected chi connectivity index (χ1v) is 9.73. The van der Waals surface area contributed by atoms with Gasteiger partial charge < -0.3 is 9.64 Å². The summed E-state index contributed by atoms with van der Waals surface area (Å²) in [5, 5.41) is 5.84. The minimum Gasteiger partial charge on any atom is -0.474 e. The fourth-order valence-corrected chi connectivity index (χ4v) is 2.71. The van der Waals surface area contributed by atoms with Gasteiger partial charge in [0, 0.05) is 26.0 Å². The molecule has 0 unspecified atom stereocenters. The van der Waals surface area contributed by atoms with E-state index in [1.807, 2.05) is 13.8 Å². The predicted molar refractivity (Wildman–Crippen MR) is 110 cm³/mol. The smallest absolute Gasteiger partial charge is 0.434 e. The molecular weight excluding hydrogens is 413 g/mol. The number of hydrogen-bond acceptors (Lipinski definition) is 7. The number of carbonyl (C=O) groups is 1. The third-order valence-corrected chi connectivity index (χ3v) is 4.30. The molecule has 0 aliphatic heterocycles. The van der Waals surface area contributed by atoms with Crippen LogP contribution in [-0.4, -0.2) is 58.2 Å². The zero-order chi connectivity index (χ0) is 23.0. The number of ether oxygens (including phenoxy) is 1. The molecule has 0 saturated heterocycles. The number of nitrogens with zero attached hydrogens (tertiary/aromatic N) is 6. The summed E-state index contributed by atoms with van der Waals surface area (Å²) in [4.78, 5) is 25.9. The molecule has 0 bridgehead atoms. The van der Waals surface area contributed by atoms with Gasteiger partial charge in [-0.15, -0.1) is 0 Å². The van der Waals surface area contributed by atoms with E-state index in [0.29, 0.717) is 18.4 Å². The standard InChI is InChI=1S/C20H25F3N6O2/c1-5-9-27-28(4)15-8-7-10-24-18(15)19(30)29(6-2)14(3)13-31-17-12-25-16(11-26-17)20(21,22)23/h7-12,14H,5-6,13H2,1-4H3/b27-9-/t14-/m0/s1. The van der Waals surface area contributed by atoms with Crippen LogP contribution < -0.4 is 9.75 Å². The summed E-state index contributed by atoms with van der Waals surface area (Å²) >= 11 is 0. The summed E-state index contributed by atoms with van der Waals surface area (Å²) in [6.45, 7) is 5.92. The molecule has 2 heterocycles. The Morgan fingerprint density at radius 2 is 2.00 bits per heavy atom. The zero-order valence-electron chi connectivity index (χ0n) is 17.8.